The zero-order chi connectivity index (χ0) is 9.84. The average Bonchev–Trinajstić information content (AvgIpc) is 2.09. The maximum atomic E-state index is 9.37. The molecule has 0 amide bonds. The van der Waals surface area contributed by atoms with Gasteiger partial charge in [-0.05, 0) is 25.0 Å². The quantitative estimate of drug-likeness (QED) is 0.747. The second kappa shape index (κ2) is 4.06. The molecule has 0 aromatic heterocycles. The van der Waals surface area contributed by atoms with Crippen molar-refractivity contribution in [2.24, 2.45) is 0 Å². The van der Waals surface area contributed by atoms with Crippen LogP contribution < -0.4 is 0 Å². The molecule has 0 saturated carbocycles. The summed E-state index contributed by atoms with van der Waals surface area (Å²) in [6.45, 7) is 3.59. The lowest BCUT2D eigenvalue weighted by atomic mass is 9.92. The van der Waals surface area contributed by atoms with Crippen molar-refractivity contribution in [3.8, 4) is 6.07 Å². The van der Waals surface area contributed by atoms with Crippen molar-refractivity contribution in [3.05, 3.63) is 35.4 Å². The van der Waals surface area contributed by atoms with Gasteiger partial charge in [0, 0.05) is 0 Å². The van der Waals surface area contributed by atoms with Crippen molar-refractivity contribution in [1.82, 2.24) is 0 Å². The van der Waals surface area contributed by atoms with Gasteiger partial charge in [-0.3, -0.25) is 0 Å². The Bertz CT molecular complexity index is 325. The minimum absolute atomic E-state index is 0.416. The van der Waals surface area contributed by atoms with E-state index >= 15 is 0 Å². The topological polar surface area (TPSA) is 44.0 Å². The highest BCUT2D eigenvalue weighted by molar-refractivity contribution is 5.33. The summed E-state index contributed by atoms with van der Waals surface area (Å²) in [4.78, 5) is 0. The summed E-state index contributed by atoms with van der Waals surface area (Å²) in [5.41, 5.74) is 1.97. The number of hydrogen-bond acceptors (Lipinski definition) is 2. The van der Waals surface area contributed by atoms with Crippen LogP contribution >= 0.6 is 0 Å². The molecule has 0 bridgehead atoms. The van der Waals surface area contributed by atoms with Gasteiger partial charge in [0.25, 0.3) is 0 Å². The van der Waals surface area contributed by atoms with Gasteiger partial charge in [-0.25, -0.2) is 0 Å². The molecular formula is C11H13NO. The Labute approximate surface area is 78.4 Å². The molecule has 0 spiro atoms. The van der Waals surface area contributed by atoms with E-state index < -0.39 is 12.0 Å². The van der Waals surface area contributed by atoms with Gasteiger partial charge in [-0.15, -0.1) is 0 Å². The molecule has 0 radical (unpaired) electrons. The van der Waals surface area contributed by atoms with Crippen molar-refractivity contribution in [2.45, 2.75) is 25.9 Å². The SMILES string of the molecule is Cc1ccccc1C(C#N)C(C)O. The standard InChI is InChI=1S/C11H13NO/c1-8-5-3-4-6-10(8)11(7-12)9(2)13/h3-6,9,11,13H,1-2H3. The molecule has 2 atom stereocenters. The van der Waals surface area contributed by atoms with E-state index in [-0.39, 0.29) is 0 Å². The molecule has 0 heterocycles. The Morgan fingerprint density at radius 1 is 1.38 bits per heavy atom. The first-order valence-corrected chi connectivity index (χ1v) is 4.30. The second-order valence-corrected chi connectivity index (χ2v) is 3.20. The van der Waals surface area contributed by atoms with E-state index in [4.69, 9.17) is 5.26 Å². The molecule has 2 nitrogen and oxygen atoms in total. The van der Waals surface area contributed by atoms with Crippen LogP contribution in [0, 0.1) is 18.3 Å². The van der Waals surface area contributed by atoms with Crippen LogP contribution in [-0.4, -0.2) is 11.2 Å². The molecule has 0 aliphatic carbocycles. The number of hydrogen-bond donors (Lipinski definition) is 1. The molecule has 1 rings (SSSR count). The molecule has 0 aliphatic heterocycles. The highest BCUT2D eigenvalue weighted by Crippen LogP contribution is 2.21. The van der Waals surface area contributed by atoms with Crippen LogP contribution in [0.4, 0.5) is 0 Å². The molecule has 13 heavy (non-hydrogen) atoms. The lowest BCUT2D eigenvalue weighted by Crippen LogP contribution is -2.13. The molecule has 2 unspecified atom stereocenters. The lowest BCUT2D eigenvalue weighted by molar-refractivity contribution is 0.181. The smallest absolute Gasteiger partial charge is 0.0971 e. The van der Waals surface area contributed by atoms with E-state index in [1.165, 1.54) is 0 Å². The van der Waals surface area contributed by atoms with Crippen LogP contribution in [0.15, 0.2) is 24.3 Å². The minimum Gasteiger partial charge on any atom is -0.392 e. The Balaban J connectivity index is 3.07. The van der Waals surface area contributed by atoms with Crippen molar-refractivity contribution in [1.29, 1.82) is 5.26 Å². The first-order valence-electron chi connectivity index (χ1n) is 4.30. The fourth-order valence-electron chi connectivity index (χ4n) is 1.37. The lowest BCUT2D eigenvalue weighted by Gasteiger charge is -2.14. The number of aliphatic hydroxyl groups is 1. The number of rotatable bonds is 2. The summed E-state index contributed by atoms with van der Waals surface area (Å²) >= 11 is 0. The van der Waals surface area contributed by atoms with E-state index in [1.54, 1.807) is 6.92 Å². The highest BCUT2D eigenvalue weighted by atomic mass is 16.3. The molecule has 2 heteroatoms. The van der Waals surface area contributed by atoms with Crippen LogP contribution in [0.5, 0.6) is 0 Å². The van der Waals surface area contributed by atoms with E-state index in [2.05, 4.69) is 6.07 Å². The molecular weight excluding hydrogens is 162 g/mol. The molecule has 68 valence electrons. The van der Waals surface area contributed by atoms with Crippen molar-refractivity contribution in [2.75, 3.05) is 0 Å². The number of nitrogens with zero attached hydrogens (tertiary/aromatic N) is 1. The zero-order valence-electron chi connectivity index (χ0n) is 7.86. The van der Waals surface area contributed by atoms with E-state index in [9.17, 15) is 5.11 Å². The molecule has 0 fully saturated rings. The highest BCUT2D eigenvalue weighted by Gasteiger charge is 2.17. The third-order valence-electron chi connectivity index (χ3n) is 2.15. The van der Waals surface area contributed by atoms with Crippen LogP contribution in [0.2, 0.25) is 0 Å². The molecule has 1 aromatic rings. The number of aliphatic hydroxyl groups excluding tert-OH is 1. The number of aryl methyl sites for hydroxylation is 1. The predicted octanol–water partition coefficient (Wildman–Crippen LogP) is 1.98. The minimum atomic E-state index is -0.619. The predicted molar refractivity (Wildman–Crippen MR) is 51.2 cm³/mol. The third kappa shape index (κ3) is 2.07. The zero-order valence-corrected chi connectivity index (χ0v) is 7.86. The fourth-order valence-corrected chi connectivity index (χ4v) is 1.37. The number of benzene rings is 1. The Morgan fingerprint density at radius 3 is 2.46 bits per heavy atom. The monoisotopic (exact) mass is 175 g/mol. The maximum Gasteiger partial charge on any atom is 0.0971 e. The second-order valence-electron chi connectivity index (χ2n) is 3.20. The van der Waals surface area contributed by atoms with Gasteiger partial charge in [0.2, 0.25) is 0 Å². The summed E-state index contributed by atoms with van der Waals surface area (Å²) in [7, 11) is 0. The largest absolute Gasteiger partial charge is 0.392 e. The summed E-state index contributed by atoms with van der Waals surface area (Å²) in [5.74, 6) is -0.416. The number of nitriles is 1. The van der Waals surface area contributed by atoms with Gasteiger partial charge in [0.1, 0.15) is 0 Å². The first kappa shape index (κ1) is 9.76. The van der Waals surface area contributed by atoms with Gasteiger partial charge in [-0.1, -0.05) is 24.3 Å². The van der Waals surface area contributed by atoms with Crippen LogP contribution in [0.3, 0.4) is 0 Å². The van der Waals surface area contributed by atoms with Gasteiger partial charge >= 0.3 is 0 Å². The van der Waals surface area contributed by atoms with Crippen molar-refractivity contribution < 1.29 is 5.11 Å². The molecule has 0 saturated heterocycles. The normalized spacial score (nSPS) is 14.6. The van der Waals surface area contributed by atoms with Gasteiger partial charge in [-0.2, -0.15) is 5.26 Å². The first-order chi connectivity index (χ1) is 6.16. The van der Waals surface area contributed by atoms with Crippen molar-refractivity contribution in [3.63, 3.8) is 0 Å². The van der Waals surface area contributed by atoms with Crippen LogP contribution in [-0.2, 0) is 0 Å². The fraction of sp³-hybridized carbons (Fsp3) is 0.364. The molecule has 1 N–H and O–H groups in total. The third-order valence-corrected chi connectivity index (χ3v) is 2.15. The van der Waals surface area contributed by atoms with Crippen molar-refractivity contribution >= 4 is 0 Å². The average molecular weight is 175 g/mol. The van der Waals surface area contributed by atoms with Crippen LogP contribution in [0.1, 0.15) is 24.0 Å². The van der Waals surface area contributed by atoms with E-state index in [0.717, 1.165) is 11.1 Å². The van der Waals surface area contributed by atoms with Gasteiger partial charge in [0.15, 0.2) is 0 Å². The van der Waals surface area contributed by atoms with E-state index in [0.29, 0.717) is 0 Å². The summed E-state index contributed by atoms with van der Waals surface area (Å²) in [6, 6.07) is 9.75. The van der Waals surface area contributed by atoms with Crippen LogP contribution in [0.25, 0.3) is 0 Å². The Kier molecular flexibility index (Phi) is 3.05. The molecule has 0 aliphatic rings. The van der Waals surface area contributed by atoms with Gasteiger partial charge < -0.3 is 5.11 Å². The Hall–Kier alpha value is -1.33. The Morgan fingerprint density at radius 2 is 2.00 bits per heavy atom. The summed E-state index contributed by atoms with van der Waals surface area (Å²) in [6.07, 6.45) is -0.619. The molecule has 1 aromatic carbocycles. The maximum absolute atomic E-state index is 9.37. The summed E-state index contributed by atoms with van der Waals surface area (Å²) in [5, 5.41) is 18.2. The van der Waals surface area contributed by atoms with Gasteiger partial charge in [0.05, 0.1) is 18.1 Å². The summed E-state index contributed by atoms with van der Waals surface area (Å²) < 4.78 is 0. The van der Waals surface area contributed by atoms with E-state index in [1.807, 2.05) is 31.2 Å².